The van der Waals surface area contributed by atoms with Crippen LogP contribution in [0.2, 0.25) is 0 Å². The van der Waals surface area contributed by atoms with Crippen molar-refractivity contribution in [1.29, 1.82) is 0 Å². The molecule has 7 nitrogen and oxygen atoms in total. The molecule has 9 heteroatoms. The van der Waals surface area contributed by atoms with Crippen LogP contribution in [0.4, 0.5) is 10.8 Å². The van der Waals surface area contributed by atoms with E-state index in [1.807, 2.05) is 42.6 Å². The molecular formula is C23H25N3O4S2. The number of anilines is 2. The average molecular weight is 472 g/mol. The first kappa shape index (κ1) is 22.4. The summed E-state index contributed by atoms with van der Waals surface area (Å²) in [4.78, 5) is 20.0. The summed E-state index contributed by atoms with van der Waals surface area (Å²) in [5, 5.41) is 2.49. The normalized spacial score (nSPS) is 17.1. The van der Waals surface area contributed by atoms with Crippen LogP contribution in [-0.2, 0) is 14.8 Å². The topological polar surface area (TPSA) is 79.8 Å². The van der Waals surface area contributed by atoms with Crippen molar-refractivity contribution in [3.8, 4) is 5.75 Å². The fraction of sp³-hybridized carbons (Fsp3) is 0.304. The Morgan fingerprint density at radius 3 is 2.50 bits per heavy atom. The van der Waals surface area contributed by atoms with Crippen LogP contribution in [0.1, 0.15) is 18.5 Å². The van der Waals surface area contributed by atoms with Crippen LogP contribution in [0.25, 0.3) is 0 Å². The van der Waals surface area contributed by atoms with Crippen LogP contribution in [0, 0.1) is 12.8 Å². The molecule has 2 heterocycles. The number of rotatable bonds is 6. The fourth-order valence-electron chi connectivity index (χ4n) is 3.79. The monoisotopic (exact) mass is 471 g/mol. The maximum absolute atomic E-state index is 13.7. The van der Waals surface area contributed by atoms with E-state index in [1.165, 1.54) is 34.9 Å². The number of ether oxygens (including phenoxy) is 1. The quantitative estimate of drug-likeness (QED) is 0.538. The number of aromatic nitrogens is 1. The van der Waals surface area contributed by atoms with E-state index in [9.17, 15) is 13.2 Å². The first-order chi connectivity index (χ1) is 15.4. The number of nitrogens with zero attached hydrogens (tertiary/aromatic N) is 3. The summed E-state index contributed by atoms with van der Waals surface area (Å²) in [5.41, 5.74) is 1.56. The van der Waals surface area contributed by atoms with Crippen LogP contribution in [0.5, 0.6) is 5.75 Å². The first-order valence-corrected chi connectivity index (χ1v) is 12.7. The molecule has 3 aromatic rings. The molecule has 0 spiro atoms. The van der Waals surface area contributed by atoms with Gasteiger partial charge in [0.1, 0.15) is 5.75 Å². The third-order valence-corrected chi connectivity index (χ3v) is 8.29. The van der Waals surface area contributed by atoms with Gasteiger partial charge in [-0.3, -0.25) is 9.69 Å². The number of sulfonamides is 1. The van der Waals surface area contributed by atoms with Gasteiger partial charge in [0.25, 0.3) is 0 Å². The number of carbonyl (C=O) groups is 1. The summed E-state index contributed by atoms with van der Waals surface area (Å²) in [6.07, 6.45) is 1.24. The zero-order valence-electron chi connectivity index (χ0n) is 18.0. The molecule has 168 valence electrons. The molecule has 0 aliphatic carbocycles. The molecule has 0 saturated carbocycles. The predicted octanol–water partition coefficient (Wildman–Crippen LogP) is 4.23. The van der Waals surface area contributed by atoms with Crippen molar-refractivity contribution in [2.45, 2.75) is 24.7 Å². The Morgan fingerprint density at radius 2 is 1.88 bits per heavy atom. The second kappa shape index (κ2) is 9.40. The molecule has 1 aliphatic heterocycles. The summed E-state index contributed by atoms with van der Waals surface area (Å²) in [6, 6.07) is 15.7. The number of amides is 1. The molecule has 0 unspecified atom stereocenters. The molecule has 1 aromatic heterocycles. The zero-order valence-corrected chi connectivity index (χ0v) is 19.6. The molecule has 2 aromatic carbocycles. The van der Waals surface area contributed by atoms with E-state index in [0.717, 1.165) is 11.4 Å². The summed E-state index contributed by atoms with van der Waals surface area (Å²) in [5.74, 6) is -0.00532. The van der Waals surface area contributed by atoms with E-state index in [4.69, 9.17) is 4.74 Å². The average Bonchev–Trinajstić information content (AvgIpc) is 3.25. The highest BCUT2D eigenvalue weighted by Crippen LogP contribution is 2.33. The van der Waals surface area contributed by atoms with Gasteiger partial charge in [0.15, 0.2) is 5.13 Å². The van der Waals surface area contributed by atoms with Crippen molar-refractivity contribution in [2.75, 3.05) is 25.1 Å². The molecule has 0 radical (unpaired) electrons. The highest BCUT2D eigenvalue weighted by atomic mass is 32.2. The summed E-state index contributed by atoms with van der Waals surface area (Å²) < 4.78 is 33.0. The Labute approximate surface area is 192 Å². The van der Waals surface area contributed by atoms with Crippen LogP contribution in [0.3, 0.4) is 0 Å². The number of thiazole rings is 1. The Balaban J connectivity index is 1.60. The van der Waals surface area contributed by atoms with Gasteiger partial charge >= 0.3 is 0 Å². The molecule has 1 atom stereocenters. The SMILES string of the molecule is COc1ccc(S(=O)(=O)N2CCC[C@H](C(=O)N(c3ccccc3)c3nc(C)cs3)C2)cc1. The largest absolute Gasteiger partial charge is 0.497 e. The number of piperidine rings is 1. The molecule has 1 aliphatic rings. The molecule has 1 amide bonds. The van der Waals surface area contributed by atoms with E-state index in [-0.39, 0.29) is 17.3 Å². The number of para-hydroxylation sites is 1. The van der Waals surface area contributed by atoms with Gasteiger partial charge in [-0.25, -0.2) is 13.4 Å². The van der Waals surface area contributed by atoms with Gasteiger partial charge in [0.2, 0.25) is 15.9 Å². The molecule has 1 saturated heterocycles. The molecule has 0 bridgehead atoms. The van der Waals surface area contributed by atoms with Crippen molar-refractivity contribution >= 4 is 38.1 Å². The summed E-state index contributed by atoms with van der Waals surface area (Å²) in [7, 11) is -2.18. The van der Waals surface area contributed by atoms with Gasteiger partial charge in [0.05, 0.1) is 29.3 Å². The second-order valence-corrected chi connectivity index (χ2v) is 10.4. The molecule has 1 fully saturated rings. The molecule has 4 rings (SSSR count). The van der Waals surface area contributed by atoms with Crippen LogP contribution >= 0.6 is 11.3 Å². The Hall–Kier alpha value is -2.75. The highest BCUT2D eigenvalue weighted by molar-refractivity contribution is 7.89. The predicted molar refractivity (Wildman–Crippen MR) is 125 cm³/mol. The lowest BCUT2D eigenvalue weighted by atomic mass is 9.98. The molecule has 0 N–H and O–H groups in total. The minimum absolute atomic E-state index is 0.139. The van der Waals surface area contributed by atoms with Gasteiger partial charge < -0.3 is 4.74 Å². The highest BCUT2D eigenvalue weighted by Gasteiger charge is 2.36. The summed E-state index contributed by atoms with van der Waals surface area (Å²) in [6.45, 7) is 2.41. The van der Waals surface area contributed by atoms with Gasteiger partial charge in [-0.05, 0) is 56.2 Å². The minimum Gasteiger partial charge on any atom is -0.497 e. The smallest absolute Gasteiger partial charge is 0.243 e. The van der Waals surface area contributed by atoms with Gasteiger partial charge in [-0.1, -0.05) is 18.2 Å². The number of hydrogen-bond donors (Lipinski definition) is 0. The van der Waals surface area contributed by atoms with Crippen molar-refractivity contribution in [3.63, 3.8) is 0 Å². The number of aryl methyl sites for hydroxylation is 1. The first-order valence-electron chi connectivity index (χ1n) is 10.4. The maximum Gasteiger partial charge on any atom is 0.243 e. The number of carbonyl (C=O) groups excluding carboxylic acids is 1. The van der Waals surface area contributed by atoms with Crippen LogP contribution in [-0.4, -0.2) is 43.8 Å². The fourth-order valence-corrected chi connectivity index (χ4v) is 6.14. The lowest BCUT2D eigenvalue weighted by Gasteiger charge is -2.33. The second-order valence-electron chi connectivity index (χ2n) is 7.66. The van der Waals surface area contributed by atoms with Crippen molar-refractivity contribution in [3.05, 3.63) is 65.7 Å². The van der Waals surface area contributed by atoms with E-state index in [2.05, 4.69) is 4.98 Å². The number of hydrogen-bond acceptors (Lipinski definition) is 6. The Bertz CT molecular complexity index is 1180. The van der Waals surface area contributed by atoms with E-state index < -0.39 is 15.9 Å². The van der Waals surface area contributed by atoms with Gasteiger partial charge in [0, 0.05) is 18.5 Å². The molecular weight excluding hydrogens is 446 g/mol. The lowest BCUT2D eigenvalue weighted by molar-refractivity contribution is -0.122. The van der Waals surface area contributed by atoms with Crippen molar-refractivity contribution < 1.29 is 17.9 Å². The van der Waals surface area contributed by atoms with Gasteiger partial charge in [-0.2, -0.15) is 4.31 Å². The summed E-state index contributed by atoms with van der Waals surface area (Å²) >= 11 is 1.40. The van der Waals surface area contributed by atoms with E-state index in [0.29, 0.717) is 30.3 Å². The van der Waals surface area contributed by atoms with Crippen LogP contribution < -0.4 is 9.64 Å². The Morgan fingerprint density at radius 1 is 1.16 bits per heavy atom. The lowest BCUT2D eigenvalue weighted by Crippen LogP contribution is -2.45. The van der Waals surface area contributed by atoms with Crippen molar-refractivity contribution in [2.24, 2.45) is 5.92 Å². The van der Waals surface area contributed by atoms with Crippen molar-refractivity contribution in [1.82, 2.24) is 9.29 Å². The maximum atomic E-state index is 13.7. The number of methoxy groups -OCH3 is 1. The molecule has 32 heavy (non-hydrogen) atoms. The van der Waals surface area contributed by atoms with Gasteiger partial charge in [-0.15, -0.1) is 11.3 Å². The van der Waals surface area contributed by atoms with E-state index in [1.54, 1.807) is 17.0 Å². The standard InChI is InChI=1S/C23H25N3O4S2/c1-17-16-31-23(24-17)26(19-8-4-3-5-9-19)22(27)18-7-6-14-25(15-18)32(28,29)21-12-10-20(30-2)11-13-21/h3-5,8-13,16,18H,6-7,14-15H2,1-2H3/t18-/m0/s1. The third-order valence-electron chi connectivity index (χ3n) is 5.46. The van der Waals surface area contributed by atoms with Crippen LogP contribution in [0.15, 0.2) is 64.9 Å². The minimum atomic E-state index is -3.71. The van der Waals surface area contributed by atoms with E-state index >= 15 is 0 Å². The third kappa shape index (κ3) is 4.55. The number of benzene rings is 2. The zero-order chi connectivity index (χ0) is 22.7. The Kier molecular flexibility index (Phi) is 6.59.